The van der Waals surface area contributed by atoms with Gasteiger partial charge in [-0.3, -0.25) is 9.59 Å². The second-order valence-electron chi connectivity index (χ2n) is 7.13. The van der Waals surface area contributed by atoms with Crippen molar-refractivity contribution in [2.24, 2.45) is 0 Å². The molecular formula is C22H27N3O2. The summed E-state index contributed by atoms with van der Waals surface area (Å²) in [7, 11) is 0. The second kappa shape index (κ2) is 8.71. The molecule has 1 aliphatic heterocycles. The van der Waals surface area contributed by atoms with Gasteiger partial charge in [-0.05, 0) is 37.5 Å². The maximum atomic E-state index is 12.7. The monoisotopic (exact) mass is 365 g/mol. The highest BCUT2D eigenvalue weighted by atomic mass is 16.2. The van der Waals surface area contributed by atoms with E-state index < -0.39 is 0 Å². The van der Waals surface area contributed by atoms with Crippen LogP contribution in [0.1, 0.15) is 43.4 Å². The molecule has 1 aliphatic rings. The number of nitrogens with zero attached hydrogens (tertiary/aromatic N) is 1. The number of benzene rings is 2. The molecule has 142 valence electrons. The minimum atomic E-state index is -0.345. The molecule has 1 heterocycles. The molecule has 0 aliphatic carbocycles. The van der Waals surface area contributed by atoms with E-state index in [4.69, 9.17) is 0 Å². The number of hydrogen-bond donors (Lipinski definition) is 2. The highest BCUT2D eigenvalue weighted by Crippen LogP contribution is 2.29. The van der Waals surface area contributed by atoms with Gasteiger partial charge in [0.15, 0.2) is 0 Å². The van der Waals surface area contributed by atoms with Crippen molar-refractivity contribution < 1.29 is 9.59 Å². The van der Waals surface area contributed by atoms with Gasteiger partial charge in [0, 0.05) is 20.0 Å². The third kappa shape index (κ3) is 5.09. The Bertz CT molecular complexity index is 795. The zero-order valence-corrected chi connectivity index (χ0v) is 16.0. The number of hydrogen-bond acceptors (Lipinski definition) is 3. The Labute approximate surface area is 160 Å². The van der Waals surface area contributed by atoms with Gasteiger partial charge in [-0.1, -0.05) is 42.0 Å². The molecule has 1 atom stereocenters. The minimum absolute atomic E-state index is 0.110. The molecule has 0 bridgehead atoms. The zero-order valence-electron chi connectivity index (χ0n) is 16.0. The fourth-order valence-corrected chi connectivity index (χ4v) is 3.50. The van der Waals surface area contributed by atoms with E-state index in [0.29, 0.717) is 0 Å². The highest BCUT2D eigenvalue weighted by molar-refractivity contribution is 5.95. The predicted octanol–water partition coefficient (Wildman–Crippen LogP) is 3.80. The molecule has 0 spiro atoms. The Morgan fingerprint density at radius 1 is 1.04 bits per heavy atom. The van der Waals surface area contributed by atoms with Gasteiger partial charge in [-0.25, -0.2) is 0 Å². The van der Waals surface area contributed by atoms with Crippen molar-refractivity contribution in [1.29, 1.82) is 0 Å². The van der Waals surface area contributed by atoms with E-state index in [1.807, 2.05) is 55.5 Å². The van der Waals surface area contributed by atoms with Gasteiger partial charge < -0.3 is 15.5 Å². The van der Waals surface area contributed by atoms with Crippen molar-refractivity contribution in [1.82, 2.24) is 5.32 Å². The lowest BCUT2D eigenvalue weighted by Crippen LogP contribution is -2.30. The molecule has 3 rings (SSSR count). The summed E-state index contributed by atoms with van der Waals surface area (Å²) >= 11 is 0. The number of aryl methyl sites for hydroxylation is 1. The van der Waals surface area contributed by atoms with Crippen LogP contribution in [0.2, 0.25) is 0 Å². The SMILES string of the molecule is CC(=O)NC(CC(=O)Nc1ccccc1N1CCCC1)c1ccc(C)cc1. The van der Waals surface area contributed by atoms with Gasteiger partial charge >= 0.3 is 0 Å². The Morgan fingerprint density at radius 2 is 1.70 bits per heavy atom. The summed E-state index contributed by atoms with van der Waals surface area (Å²) in [5.41, 5.74) is 3.97. The molecule has 2 N–H and O–H groups in total. The fourth-order valence-electron chi connectivity index (χ4n) is 3.50. The summed E-state index contributed by atoms with van der Waals surface area (Å²) in [5.74, 6) is -0.258. The van der Waals surface area contributed by atoms with Crippen molar-refractivity contribution >= 4 is 23.2 Å². The summed E-state index contributed by atoms with van der Waals surface area (Å²) in [6.07, 6.45) is 2.55. The Morgan fingerprint density at radius 3 is 2.37 bits per heavy atom. The third-order valence-corrected chi connectivity index (χ3v) is 4.87. The van der Waals surface area contributed by atoms with Crippen LogP contribution in [0, 0.1) is 6.92 Å². The third-order valence-electron chi connectivity index (χ3n) is 4.87. The van der Waals surface area contributed by atoms with Gasteiger partial charge in [-0.15, -0.1) is 0 Å². The van der Waals surface area contributed by atoms with Crippen molar-refractivity contribution in [3.8, 4) is 0 Å². The summed E-state index contributed by atoms with van der Waals surface area (Å²) in [5, 5.41) is 5.93. The molecule has 0 saturated carbocycles. The van der Waals surface area contributed by atoms with E-state index >= 15 is 0 Å². The summed E-state index contributed by atoms with van der Waals surface area (Å²) in [6, 6.07) is 15.5. The number of nitrogens with one attached hydrogen (secondary N) is 2. The first-order chi connectivity index (χ1) is 13.0. The van der Waals surface area contributed by atoms with Crippen molar-refractivity contribution in [2.75, 3.05) is 23.3 Å². The molecule has 5 heteroatoms. The molecule has 5 nitrogen and oxygen atoms in total. The molecule has 0 radical (unpaired) electrons. The fraction of sp³-hybridized carbons (Fsp3) is 0.364. The zero-order chi connectivity index (χ0) is 19.2. The smallest absolute Gasteiger partial charge is 0.226 e. The maximum absolute atomic E-state index is 12.7. The molecule has 2 aromatic carbocycles. The van der Waals surface area contributed by atoms with Gasteiger partial charge in [0.1, 0.15) is 0 Å². The lowest BCUT2D eigenvalue weighted by molar-refractivity contribution is -0.120. The standard InChI is InChI=1S/C22H27N3O2/c1-16-9-11-18(12-10-16)20(23-17(2)26)15-22(27)24-19-7-3-4-8-21(19)25-13-5-6-14-25/h3-4,7-12,20H,5-6,13-15H2,1-2H3,(H,23,26)(H,24,27). The van der Waals surface area contributed by atoms with E-state index in [-0.39, 0.29) is 24.3 Å². The molecule has 27 heavy (non-hydrogen) atoms. The quantitative estimate of drug-likeness (QED) is 0.818. The van der Waals surface area contributed by atoms with Crippen molar-refractivity contribution in [3.63, 3.8) is 0 Å². The molecule has 2 aromatic rings. The Kier molecular flexibility index (Phi) is 6.12. The number of amides is 2. The molecular weight excluding hydrogens is 338 g/mol. The number of rotatable bonds is 6. The van der Waals surface area contributed by atoms with Crippen LogP contribution < -0.4 is 15.5 Å². The van der Waals surface area contributed by atoms with Crippen LogP contribution in [0.5, 0.6) is 0 Å². The van der Waals surface area contributed by atoms with Crippen LogP contribution in [0.4, 0.5) is 11.4 Å². The molecule has 1 fully saturated rings. The van der Waals surface area contributed by atoms with E-state index in [2.05, 4.69) is 15.5 Å². The summed E-state index contributed by atoms with van der Waals surface area (Å²) in [6.45, 7) is 5.52. The summed E-state index contributed by atoms with van der Waals surface area (Å²) in [4.78, 5) is 26.7. The highest BCUT2D eigenvalue weighted by Gasteiger charge is 2.20. The normalized spacial score (nSPS) is 14.7. The Balaban J connectivity index is 1.73. The van der Waals surface area contributed by atoms with E-state index in [0.717, 1.165) is 35.6 Å². The first-order valence-electron chi connectivity index (χ1n) is 9.50. The molecule has 0 aromatic heterocycles. The lowest BCUT2D eigenvalue weighted by Gasteiger charge is -2.22. The van der Waals surface area contributed by atoms with Crippen LogP contribution >= 0.6 is 0 Å². The largest absolute Gasteiger partial charge is 0.370 e. The number of para-hydroxylation sites is 2. The number of carbonyl (C=O) groups is 2. The topological polar surface area (TPSA) is 61.4 Å². The predicted molar refractivity (Wildman–Crippen MR) is 109 cm³/mol. The molecule has 2 amide bonds. The van der Waals surface area contributed by atoms with E-state index in [9.17, 15) is 9.59 Å². The van der Waals surface area contributed by atoms with Crippen molar-refractivity contribution in [2.45, 2.75) is 39.2 Å². The first kappa shape index (κ1) is 19.0. The van der Waals surface area contributed by atoms with Crippen molar-refractivity contribution in [3.05, 3.63) is 59.7 Å². The van der Waals surface area contributed by atoms with Gasteiger partial charge in [-0.2, -0.15) is 0 Å². The van der Waals surface area contributed by atoms with Gasteiger partial charge in [0.05, 0.1) is 23.8 Å². The molecule has 1 unspecified atom stereocenters. The van der Waals surface area contributed by atoms with Crippen LogP contribution in [-0.2, 0) is 9.59 Å². The number of carbonyl (C=O) groups excluding carboxylic acids is 2. The second-order valence-corrected chi connectivity index (χ2v) is 7.13. The molecule has 1 saturated heterocycles. The maximum Gasteiger partial charge on any atom is 0.226 e. The lowest BCUT2D eigenvalue weighted by atomic mass is 10.0. The van der Waals surface area contributed by atoms with Gasteiger partial charge in [0.2, 0.25) is 11.8 Å². The average molecular weight is 365 g/mol. The van der Waals surface area contributed by atoms with E-state index in [1.165, 1.54) is 19.8 Å². The summed E-state index contributed by atoms with van der Waals surface area (Å²) < 4.78 is 0. The first-order valence-corrected chi connectivity index (χ1v) is 9.50. The number of anilines is 2. The Hall–Kier alpha value is -2.82. The van der Waals surface area contributed by atoms with E-state index in [1.54, 1.807) is 0 Å². The van der Waals surface area contributed by atoms with Gasteiger partial charge in [0.25, 0.3) is 0 Å². The van der Waals surface area contributed by atoms with Crippen LogP contribution in [0.3, 0.4) is 0 Å². The minimum Gasteiger partial charge on any atom is -0.370 e. The van der Waals surface area contributed by atoms with Crippen LogP contribution in [0.25, 0.3) is 0 Å². The van der Waals surface area contributed by atoms with Crippen LogP contribution in [0.15, 0.2) is 48.5 Å². The van der Waals surface area contributed by atoms with Crippen LogP contribution in [-0.4, -0.2) is 24.9 Å². The average Bonchev–Trinajstić information content (AvgIpc) is 3.16.